The number of rotatable bonds is 4. The number of carbonyl (C=O) groups excluding carboxylic acids is 2. The number of ether oxygens (including phenoxy) is 1. The minimum atomic E-state index is -0.924. The first-order valence-corrected chi connectivity index (χ1v) is 8.95. The number of amides is 1. The number of aliphatic hydroxyl groups is 1. The Balaban J connectivity index is 1.42. The Morgan fingerprint density at radius 3 is 2.60 bits per heavy atom. The Kier molecular flexibility index (Phi) is 3.68. The van der Waals surface area contributed by atoms with Gasteiger partial charge in [0.2, 0.25) is 0 Å². The lowest BCUT2D eigenvalue weighted by Crippen LogP contribution is -2.59. The molecule has 4 saturated carbocycles. The van der Waals surface area contributed by atoms with E-state index >= 15 is 0 Å². The lowest BCUT2D eigenvalue weighted by atomic mass is 9.48. The van der Waals surface area contributed by atoms with Gasteiger partial charge < -0.3 is 19.7 Å². The van der Waals surface area contributed by atoms with Crippen LogP contribution in [0.1, 0.15) is 51.2 Å². The number of hydrogen-bond donors (Lipinski definition) is 2. The van der Waals surface area contributed by atoms with Crippen molar-refractivity contribution < 1.29 is 24.0 Å². The summed E-state index contributed by atoms with van der Waals surface area (Å²) in [5.74, 6) is 0.877. The molecule has 7 nitrogen and oxygen atoms in total. The van der Waals surface area contributed by atoms with E-state index in [1.807, 2.05) is 0 Å². The first-order chi connectivity index (χ1) is 11.8. The summed E-state index contributed by atoms with van der Waals surface area (Å²) in [7, 11) is 0. The summed E-state index contributed by atoms with van der Waals surface area (Å²) < 4.78 is 10.4. The summed E-state index contributed by atoms with van der Waals surface area (Å²) in [4.78, 5) is 25.1. The van der Waals surface area contributed by atoms with Gasteiger partial charge in [-0.05, 0) is 64.2 Å². The molecule has 136 valence electrons. The SMILES string of the molecule is Cc1cc(NC(=O)[C@H](C)OC(=O)C23C[C@H]4C[C@@H](CC(O)(C4)C2)C3)no1. The van der Waals surface area contributed by atoms with Crippen molar-refractivity contribution in [1.82, 2.24) is 5.16 Å². The molecule has 7 heteroatoms. The van der Waals surface area contributed by atoms with E-state index in [2.05, 4.69) is 10.5 Å². The molecule has 2 N–H and O–H groups in total. The molecule has 5 rings (SSSR count). The Hall–Kier alpha value is -1.89. The molecule has 1 amide bonds. The second-order valence-corrected chi connectivity index (χ2v) is 8.33. The van der Waals surface area contributed by atoms with Gasteiger partial charge >= 0.3 is 5.97 Å². The number of aromatic nitrogens is 1. The van der Waals surface area contributed by atoms with Gasteiger partial charge in [0.25, 0.3) is 5.91 Å². The van der Waals surface area contributed by atoms with Gasteiger partial charge in [-0.3, -0.25) is 9.59 Å². The predicted molar refractivity (Wildman–Crippen MR) is 87.5 cm³/mol. The predicted octanol–water partition coefficient (Wildman–Crippen LogP) is 2.18. The van der Waals surface area contributed by atoms with E-state index in [0.29, 0.717) is 29.8 Å². The van der Waals surface area contributed by atoms with E-state index in [1.165, 1.54) is 0 Å². The number of hydrogen-bond acceptors (Lipinski definition) is 6. The first kappa shape index (κ1) is 16.6. The Morgan fingerprint density at radius 2 is 2.04 bits per heavy atom. The van der Waals surface area contributed by atoms with Gasteiger partial charge in [0.1, 0.15) is 5.76 Å². The van der Waals surface area contributed by atoms with Gasteiger partial charge in [-0.25, -0.2) is 0 Å². The van der Waals surface area contributed by atoms with Crippen LogP contribution in [0, 0.1) is 24.2 Å². The lowest BCUT2D eigenvalue weighted by molar-refractivity contribution is -0.199. The van der Waals surface area contributed by atoms with Crippen LogP contribution in [0.5, 0.6) is 0 Å². The molecule has 1 aromatic heterocycles. The first-order valence-electron chi connectivity index (χ1n) is 8.95. The van der Waals surface area contributed by atoms with Gasteiger partial charge in [0.15, 0.2) is 11.9 Å². The molecule has 4 bridgehead atoms. The molecule has 0 spiro atoms. The van der Waals surface area contributed by atoms with Crippen molar-refractivity contribution in [2.75, 3.05) is 5.32 Å². The smallest absolute Gasteiger partial charge is 0.312 e. The highest BCUT2D eigenvalue weighted by atomic mass is 16.5. The molecule has 0 aromatic carbocycles. The fourth-order valence-corrected chi connectivity index (χ4v) is 5.45. The molecule has 4 aliphatic rings. The molecule has 0 aliphatic heterocycles. The minimum absolute atomic E-state index is 0.300. The standard InChI is InChI=1S/C18H24N2O5/c1-10-3-14(20-25-10)19-15(21)11(2)24-16(22)17-5-12-4-13(6-17)8-18(23,7-12)9-17/h3,11-13,23H,4-9H2,1-2H3,(H,19,20,21)/t11-,12+,13+,17?,18?/m0/s1. The fourth-order valence-electron chi connectivity index (χ4n) is 5.45. The van der Waals surface area contributed by atoms with Crippen molar-refractivity contribution >= 4 is 17.7 Å². The van der Waals surface area contributed by atoms with Gasteiger partial charge in [0, 0.05) is 6.07 Å². The van der Waals surface area contributed by atoms with Crippen molar-refractivity contribution in [3.63, 3.8) is 0 Å². The molecular formula is C18H24N2O5. The third-order valence-corrected chi connectivity index (χ3v) is 6.00. The van der Waals surface area contributed by atoms with Crippen LogP contribution in [0.4, 0.5) is 5.82 Å². The highest BCUT2D eigenvalue weighted by Gasteiger charge is 2.61. The maximum Gasteiger partial charge on any atom is 0.312 e. The fraction of sp³-hybridized carbons (Fsp3) is 0.722. The monoisotopic (exact) mass is 348 g/mol. The molecule has 0 saturated heterocycles. The average Bonchev–Trinajstić information content (AvgIpc) is 2.89. The average molecular weight is 348 g/mol. The number of nitrogens with one attached hydrogen (secondary N) is 1. The number of aryl methyl sites for hydroxylation is 1. The van der Waals surface area contributed by atoms with Gasteiger partial charge in [-0.15, -0.1) is 0 Å². The maximum absolute atomic E-state index is 12.9. The highest BCUT2D eigenvalue weighted by Crippen LogP contribution is 2.62. The minimum Gasteiger partial charge on any atom is -0.452 e. The normalized spacial score (nSPS) is 36.9. The van der Waals surface area contributed by atoms with Crippen molar-refractivity contribution in [1.29, 1.82) is 0 Å². The second-order valence-electron chi connectivity index (χ2n) is 8.33. The van der Waals surface area contributed by atoms with E-state index in [1.54, 1.807) is 19.9 Å². The van der Waals surface area contributed by atoms with E-state index in [9.17, 15) is 14.7 Å². The molecule has 0 radical (unpaired) electrons. The van der Waals surface area contributed by atoms with E-state index in [4.69, 9.17) is 9.26 Å². The third-order valence-electron chi connectivity index (χ3n) is 6.00. The number of anilines is 1. The Morgan fingerprint density at radius 1 is 1.36 bits per heavy atom. The largest absolute Gasteiger partial charge is 0.452 e. The zero-order valence-corrected chi connectivity index (χ0v) is 14.6. The van der Waals surface area contributed by atoms with E-state index in [-0.39, 0.29) is 5.97 Å². The van der Waals surface area contributed by atoms with Crippen molar-refractivity contribution in [2.24, 2.45) is 17.3 Å². The topological polar surface area (TPSA) is 102 Å². The van der Waals surface area contributed by atoms with Crippen LogP contribution in [-0.2, 0) is 14.3 Å². The summed E-state index contributed by atoms with van der Waals surface area (Å²) in [5, 5.41) is 17.0. The summed E-state index contributed by atoms with van der Waals surface area (Å²) in [5.41, 5.74) is -1.36. The molecule has 1 heterocycles. The summed E-state index contributed by atoms with van der Waals surface area (Å²) in [6.07, 6.45) is 3.75. The molecule has 25 heavy (non-hydrogen) atoms. The lowest BCUT2D eigenvalue weighted by Gasteiger charge is -2.58. The molecule has 0 unspecified atom stereocenters. The van der Waals surface area contributed by atoms with Gasteiger partial charge in [-0.2, -0.15) is 0 Å². The van der Waals surface area contributed by atoms with Crippen LogP contribution in [0.3, 0.4) is 0 Å². The van der Waals surface area contributed by atoms with Crippen molar-refractivity contribution in [2.45, 2.75) is 64.1 Å². The summed E-state index contributed by atoms with van der Waals surface area (Å²) >= 11 is 0. The third kappa shape index (κ3) is 2.94. The van der Waals surface area contributed by atoms with Crippen LogP contribution in [0.2, 0.25) is 0 Å². The molecule has 4 fully saturated rings. The maximum atomic E-state index is 12.9. The van der Waals surface area contributed by atoms with Gasteiger partial charge in [0.05, 0.1) is 11.0 Å². The Labute approximate surface area is 146 Å². The number of carbonyl (C=O) groups is 2. The molecule has 3 atom stereocenters. The molecule has 4 aliphatic carbocycles. The molecular weight excluding hydrogens is 324 g/mol. The Bertz CT molecular complexity index is 698. The van der Waals surface area contributed by atoms with Crippen LogP contribution in [0.25, 0.3) is 0 Å². The van der Waals surface area contributed by atoms with Crippen molar-refractivity contribution in [3.8, 4) is 0 Å². The number of nitrogens with zero attached hydrogens (tertiary/aromatic N) is 1. The summed E-state index contributed by atoms with van der Waals surface area (Å²) in [6.45, 7) is 3.28. The van der Waals surface area contributed by atoms with E-state index in [0.717, 1.165) is 32.1 Å². The summed E-state index contributed by atoms with van der Waals surface area (Å²) in [6, 6.07) is 1.60. The zero-order chi connectivity index (χ0) is 17.8. The highest BCUT2D eigenvalue weighted by molar-refractivity contribution is 5.94. The zero-order valence-electron chi connectivity index (χ0n) is 14.6. The quantitative estimate of drug-likeness (QED) is 0.809. The van der Waals surface area contributed by atoms with Crippen LogP contribution < -0.4 is 5.32 Å². The van der Waals surface area contributed by atoms with E-state index < -0.39 is 23.0 Å². The van der Waals surface area contributed by atoms with Crippen LogP contribution >= 0.6 is 0 Å². The number of esters is 1. The molecule has 1 aromatic rings. The van der Waals surface area contributed by atoms with Gasteiger partial charge in [-0.1, -0.05) is 5.16 Å². The second kappa shape index (κ2) is 5.56. The van der Waals surface area contributed by atoms with Crippen molar-refractivity contribution in [3.05, 3.63) is 11.8 Å². The van der Waals surface area contributed by atoms with Crippen LogP contribution in [-0.4, -0.2) is 33.8 Å². The van der Waals surface area contributed by atoms with Crippen LogP contribution in [0.15, 0.2) is 10.6 Å².